The van der Waals surface area contributed by atoms with Gasteiger partial charge in [0.15, 0.2) is 11.4 Å². The monoisotopic (exact) mass is 370 g/mol. The zero-order chi connectivity index (χ0) is 18.6. The molecule has 1 aromatic carbocycles. The molecule has 3 heterocycles. The van der Waals surface area contributed by atoms with E-state index in [1.54, 1.807) is 6.92 Å². The van der Waals surface area contributed by atoms with Crippen LogP contribution in [0.3, 0.4) is 0 Å². The molecular weight excluding hydrogens is 348 g/mol. The van der Waals surface area contributed by atoms with E-state index >= 15 is 0 Å². The van der Waals surface area contributed by atoms with Crippen LogP contribution in [0.1, 0.15) is 17.5 Å². The number of aromatic nitrogens is 2. The highest BCUT2D eigenvalue weighted by atomic mass is 16.5. The fourth-order valence-corrected chi connectivity index (χ4v) is 3.15. The topological polar surface area (TPSA) is 89.7 Å². The third kappa shape index (κ3) is 3.72. The molecule has 8 heteroatoms. The second-order valence-electron chi connectivity index (χ2n) is 6.27. The molecule has 8 nitrogen and oxygen atoms in total. The second kappa shape index (κ2) is 7.89. The smallest absolute Gasteiger partial charge is 0.376 e. The number of carbonyl (C=O) groups is 1. The van der Waals surface area contributed by atoms with Gasteiger partial charge in [0.05, 0.1) is 19.8 Å². The van der Waals surface area contributed by atoms with Crippen molar-refractivity contribution in [3.63, 3.8) is 0 Å². The van der Waals surface area contributed by atoms with E-state index in [0.717, 1.165) is 38.2 Å². The SMILES string of the molecule is CCOC(=O)c1nc(NCCN2CCOCC2)c2oc3ccccc3c2n1. The minimum absolute atomic E-state index is 0.0322. The van der Waals surface area contributed by atoms with Crippen molar-refractivity contribution in [1.29, 1.82) is 0 Å². The zero-order valence-electron chi connectivity index (χ0n) is 15.2. The summed E-state index contributed by atoms with van der Waals surface area (Å²) >= 11 is 0. The molecule has 0 radical (unpaired) electrons. The minimum atomic E-state index is -0.541. The number of ether oxygens (including phenoxy) is 2. The van der Waals surface area contributed by atoms with Gasteiger partial charge in [0, 0.05) is 31.6 Å². The van der Waals surface area contributed by atoms with E-state index in [0.29, 0.717) is 29.0 Å². The normalized spacial score (nSPS) is 15.3. The van der Waals surface area contributed by atoms with Crippen molar-refractivity contribution in [1.82, 2.24) is 14.9 Å². The Morgan fingerprint density at radius 3 is 2.89 bits per heavy atom. The number of nitrogens with one attached hydrogen (secondary N) is 1. The van der Waals surface area contributed by atoms with Crippen molar-refractivity contribution >= 4 is 33.9 Å². The maximum atomic E-state index is 12.2. The molecule has 27 heavy (non-hydrogen) atoms. The Hall–Kier alpha value is -2.71. The molecule has 1 saturated heterocycles. The van der Waals surface area contributed by atoms with Gasteiger partial charge in [-0.15, -0.1) is 0 Å². The van der Waals surface area contributed by atoms with Crippen LogP contribution in [0, 0.1) is 0 Å². The maximum Gasteiger partial charge on any atom is 0.376 e. The summed E-state index contributed by atoms with van der Waals surface area (Å²) in [6.07, 6.45) is 0. The van der Waals surface area contributed by atoms with Crippen LogP contribution in [-0.4, -0.2) is 66.8 Å². The van der Waals surface area contributed by atoms with Crippen LogP contribution in [0.2, 0.25) is 0 Å². The second-order valence-corrected chi connectivity index (χ2v) is 6.27. The number of para-hydroxylation sites is 1. The quantitative estimate of drug-likeness (QED) is 0.661. The van der Waals surface area contributed by atoms with Gasteiger partial charge in [0.25, 0.3) is 0 Å². The Kier molecular flexibility index (Phi) is 5.17. The molecule has 0 atom stereocenters. The third-order valence-electron chi connectivity index (χ3n) is 4.50. The molecule has 0 amide bonds. The van der Waals surface area contributed by atoms with Crippen molar-refractivity contribution in [3.05, 3.63) is 30.1 Å². The number of morpholine rings is 1. The molecule has 4 rings (SSSR count). The highest BCUT2D eigenvalue weighted by molar-refractivity contribution is 6.06. The number of rotatable bonds is 6. The van der Waals surface area contributed by atoms with Gasteiger partial charge in [-0.2, -0.15) is 0 Å². The largest absolute Gasteiger partial charge is 0.460 e. The molecule has 0 bridgehead atoms. The molecule has 0 spiro atoms. The van der Waals surface area contributed by atoms with E-state index in [-0.39, 0.29) is 12.4 Å². The molecule has 0 saturated carbocycles. The highest BCUT2D eigenvalue weighted by Crippen LogP contribution is 2.31. The van der Waals surface area contributed by atoms with Crippen LogP contribution in [-0.2, 0) is 9.47 Å². The molecule has 1 aliphatic rings. The first kappa shape index (κ1) is 17.7. The van der Waals surface area contributed by atoms with Crippen LogP contribution < -0.4 is 5.32 Å². The molecule has 3 aromatic rings. The van der Waals surface area contributed by atoms with Crippen LogP contribution in [0.4, 0.5) is 5.82 Å². The summed E-state index contributed by atoms with van der Waals surface area (Å²) in [4.78, 5) is 23.3. The molecule has 0 unspecified atom stereocenters. The van der Waals surface area contributed by atoms with Crippen molar-refractivity contribution in [3.8, 4) is 0 Å². The van der Waals surface area contributed by atoms with Crippen LogP contribution in [0.25, 0.3) is 22.1 Å². The van der Waals surface area contributed by atoms with Gasteiger partial charge >= 0.3 is 5.97 Å². The van der Waals surface area contributed by atoms with Crippen molar-refractivity contribution in [2.24, 2.45) is 0 Å². The van der Waals surface area contributed by atoms with Crippen LogP contribution in [0.5, 0.6) is 0 Å². The lowest BCUT2D eigenvalue weighted by molar-refractivity contribution is 0.0398. The standard InChI is InChI=1S/C19H22N4O4/c1-2-26-19(24)18-21-15-13-5-3-4-6-14(13)27-16(15)17(22-18)20-7-8-23-9-11-25-12-10-23/h3-6H,2,7-12H2,1H3,(H,20,21,22). The maximum absolute atomic E-state index is 12.2. The predicted octanol–water partition coefficient (Wildman–Crippen LogP) is 2.30. The summed E-state index contributed by atoms with van der Waals surface area (Å²) in [6, 6.07) is 7.60. The van der Waals surface area contributed by atoms with Gasteiger partial charge in [-0.25, -0.2) is 14.8 Å². The number of hydrogen-bond donors (Lipinski definition) is 1. The van der Waals surface area contributed by atoms with Gasteiger partial charge in [-0.1, -0.05) is 12.1 Å². The van der Waals surface area contributed by atoms with E-state index in [2.05, 4.69) is 20.2 Å². The first-order valence-electron chi connectivity index (χ1n) is 9.16. The summed E-state index contributed by atoms with van der Waals surface area (Å²) in [5.41, 5.74) is 1.86. The number of anilines is 1. The van der Waals surface area contributed by atoms with E-state index in [1.807, 2.05) is 24.3 Å². The first-order chi connectivity index (χ1) is 13.3. The summed E-state index contributed by atoms with van der Waals surface area (Å²) in [5, 5.41) is 4.14. The molecule has 1 N–H and O–H groups in total. The van der Waals surface area contributed by atoms with E-state index in [9.17, 15) is 4.79 Å². The van der Waals surface area contributed by atoms with E-state index in [4.69, 9.17) is 13.9 Å². The lowest BCUT2D eigenvalue weighted by Crippen LogP contribution is -2.39. The van der Waals surface area contributed by atoms with E-state index < -0.39 is 5.97 Å². The number of carbonyl (C=O) groups excluding carboxylic acids is 1. The summed E-state index contributed by atoms with van der Waals surface area (Å²) in [7, 11) is 0. The summed E-state index contributed by atoms with van der Waals surface area (Å²) in [6.45, 7) is 6.90. The molecule has 1 aliphatic heterocycles. The van der Waals surface area contributed by atoms with E-state index in [1.165, 1.54) is 0 Å². The number of fused-ring (bicyclic) bond motifs is 3. The lowest BCUT2D eigenvalue weighted by atomic mass is 10.2. The molecule has 1 fully saturated rings. The van der Waals surface area contributed by atoms with Gasteiger partial charge in [-0.05, 0) is 19.1 Å². The predicted molar refractivity (Wildman–Crippen MR) is 101 cm³/mol. The minimum Gasteiger partial charge on any atom is -0.460 e. The van der Waals surface area contributed by atoms with Crippen molar-refractivity contribution in [2.75, 3.05) is 51.3 Å². The number of hydrogen-bond acceptors (Lipinski definition) is 8. The van der Waals surface area contributed by atoms with Gasteiger partial charge in [0.1, 0.15) is 11.1 Å². The zero-order valence-corrected chi connectivity index (χ0v) is 15.2. The Bertz CT molecular complexity index is 949. The molecule has 142 valence electrons. The summed E-state index contributed by atoms with van der Waals surface area (Å²) in [5.74, 6) is -0.00167. The third-order valence-corrected chi connectivity index (χ3v) is 4.50. The number of nitrogens with zero attached hydrogens (tertiary/aromatic N) is 3. The Labute approximate surface area is 156 Å². The Morgan fingerprint density at radius 1 is 1.26 bits per heavy atom. The summed E-state index contributed by atoms with van der Waals surface area (Å²) < 4.78 is 16.4. The highest BCUT2D eigenvalue weighted by Gasteiger charge is 2.20. The lowest BCUT2D eigenvalue weighted by Gasteiger charge is -2.26. The number of furan rings is 1. The molecule has 2 aromatic heterocycles. The fraction of sp³-hybridized carbons (Fsp3) is 0.421. The van der Waals surface area contributed by atoms with Crippen LogP contribution in [0.15, 0.2) is 28.7 Å². The average molecular weight is 370 g/mol. The first-order valence-corrected chi connectivity index (χ1v) is 9.16. The van der Waals surface area contributed by atoms with Crippen molar-refractivity contribution in [2.45, 2.75) is 6.92 Å². The van der Waals surface area contributed by atoms with Gasteiger partial charge in [-0.3, -0.25) is 4.90 Å². The molecular formula is C19H22N4O4. The van der Waals surface area contributed by atoms with Crippen LogP contribution >= 0.6 is 0 Å². The average Bonchev–Trinajstić information content (AvgIpc) is 3.08. The Morgan fingerprint density at radius 2 is 2.07 bits per heavy atom. The molecule has 0 aliphatic carbocycles. The van der Waals surface area contributed by atoms with Gasteiger partial charge < -0.3 is 19.2 Å². The number of esters is 1. The van der Waals surface area contributed by atoms with Gasteiger partial charge in [0.2, 0.25) is 5.82 Å². The Balaban J connectivity index is 1.65. The van der Waals surface area contributed by atoms with Crippen molar-refractivity contribution < 1.29 is 18.7 Å². The fourth-order valence-electron chi connectivity index (χ4n) is 3.15. The number of benzene rings is 1.